The van der Waals surface area contributed by atoms with Crippen LogP contribution in [0.5, 0.6) is 0 Å². The lowest BCUT2D eigenvalue weighted by Crippen LogP contribution is -2.45. The summed E-state index contributed by atoms with van der Waals surface area (Å²) in [6, 6.07) is 9.60. The Balaban J connectivity index is 1.25. The van der Waals surface area contributed by atoms with Gasteiger partial charge in [-0.25, -0.2) is 0 Å². The summed E-state index contributed by atoms with van der Waals surface area (Å²) < 4.78 is 0. The third-order valence-electron chi connectivity index (χ3n) is 17.6. The van der Waals surface area contributed by atoms with Gasteiger partial charge in [0.1, 0.15) is 0 Å². The molecule has 80 heavy (non-hydrogen) atoms. The molecule has 4 aliphatic heterocycles. The predicted molar refractivity (Wildman–Crippen MR) is 319 cm³/mol. The van der Waals surface area contributed by atoms with Crippen LogP contribution in [0.4, 0.5) is 0 Å². The normalized spacial score (nSPS) is 14.9. The van der Waals surface area contributed by atoms with E-state index in [0.29, 0.717) is 25.7 Å². The average molecular weight is 1090 g/mol. The number of benzene rings is 4. The first kappa shape index (κ1) is 60.1. The third-order valence-corrected chi connectivity index (χ3v) is 17.6. The van der Waals surface area contributed by atoms with Crippen molar-refractivity contribution in [2.75, 3.05) is 26.2 Å². The van der Waals surface area contributed by atoms with Gasteiger partial charge in [-0.05, 0) is 73.2 Å². The number of unbranched alkanes of at least 4 members (excludes halogenated alkanes) is 28. The highest BCUT2D eigenvalue weighted by Gasteiger charge is 2.45. The fraction of sp³-hybridized carbons (Fsp3) is 0.588. The summed E-state index contributed by atoms with van der Waals surface area (Å²) in [5.41, 5.74) is 1.47. The number of amides is 8. The van der Waals surface area contributed by atoms with Crippen LogP contribution >= 0.6 is 0 Å². The Bertz CT molecular complexity index is 2760. The number of nitrogens with zero attached hydrogens (tertiary/aromatic N) is 4. The predicted octanol–water partition coefficient (Wildman–Crippen LogP) is 16.6. The monoisotopic (exact) mass is 1090 g/mol. The highest BCUT2D eigenvalue weighted by molar-refractivity contribution is 6.38. The zero-order chi connectivity index (χ0) is 56.7. The molecule has 4 aromatic rings. The topological polar surface area (TPSA) is 150 Å². The van der Waals surface area contributed by atoms with Gasteiger partial charge in [0.2, 0.25) is 0 Å². The minimum atomic E-state index is -0.617. The SMILES string of the molecule is CCCCCCCCCCN1C(=O)c2ccc3c4c(c(-c5cc6c7c(ccc8c7c5C(=O)N(CCCCCCCCCC)C8=O)C(=O)N(CCCCCCCCCC)C6=O)cc(c24)C1=O)C(=O)N(CCCCCCCCCC)C3=O. The zero-order valence-electron chi connectivity index (χ0n) is 49.0. The van der Waals surface area contributed by atoms with E-state index < -0.39 is 47.3 Å². The molecule has 12 nitrogen and oxygen atoms in total. The molecule has 4 aliphatic rings. The van der Waals surface area contributed by atoms with Crippen LogP contribution in [-0.4, -0.2) is 93.0 Å². The van der Waals surface area contributed by atoms with Crippen molar-refractivity contribution in [3.63, 3.8) is 0 Å². The first-order chi connectivity index (χ1) is 39.0. The minimum Gasteiger partial charge on any atom is -0.274 e. The molecule has 8 rings (SSSR count). The van der Waals surface area contributed by atoms with E-state index in [2.05, 4.69) is 27.7 Å². The zero-order valence-corrected chi connectivity index (χ0v) is 49.0. The van der Waals surface area contributed by atoms with Crippen LogP contribution < -0.4 is 0 Å². The van der Waals surface area contributed by atoms with E-state index in [0.717, 1.165) is 128 Å². The molecule has 12 heteroatoms. The van der Waals surface area contributed by atoms with Crippen LogP contribution in [0.15, 0.2) is 36.4 Å². The lowest BCUT2D eigenvalue weighted by atomic mass is 9.77. The van der Waals surface area contributed by atoms with Crippen LogP contribution in [-0.2, 0) is 0 Å². The molecule has 0 unspecified atom stereocenters. The Morgan fingerprint density at radius 1 is 0.225 bits per heavy atom. The summed E-state index contributed by atoms with van der Waals surface area (Å²) >= 11 is 0. The van der Waals surface area contributed by atoms with Gasteiger partial charge in [-0.3, -0.25) is 58.0 Å². The molecule has 0 bridgehead atoms. The average Bonchev–Trinajstić information content (AvgIpc) is 3.18. The number of carbonyl (C=O) groups is 8. The van der Waals surface area contributed by atoms with Gasteiger partial charge in [0, 0.05) is 81.1 Å². The summed E-state index contributed by atoms with van der Waals surface area (Å²) in [5.74, 6) is -4.38. The molecule has 0 N–H and O–H groups in total. The van der Waals surface area contributed by atoms with Crippen molar-refractivity contribution in [2.24, 2.45) is 0 Å². The minimum absolute atomic E-state index is 0.0619. The van der Waals surface area contributed by atoms with Crippen LogP contribution in [0.3, 0.4) is 0 Å². The molecule has 8 amide bonds. The maximum Gasteiger partial charge on any atom is 0.262 e. The van der Waals surface area contributed by atoms with Crippen molar-refractivity contribution in [1.29, 1.82) is 0 Å². The van der Waals surface area contributed by atoms with E-state index in [-0.39, 0.29) is 103 Å². The number of hydrogen-bond acceptors (Lipinski definition) is 8. The van der Waals surface area contributed by atoms with E-state index in [1.807, 2.05) is 0 Å². The molecule has 4 aromatic carbocycles. The molecular weight excluding hydrogens is 1000 g/mol. The Morgan fingerprint density at radius 3 is 0.675 bits per heavy atom. The Morgan fingerprint density at radius 2 is 0.425 bits per heavy atom. The fourth-order valence-electron chi connectivity index (χ4n) is 13.0. The van der Waals surface area contributed by atoms with Crippen molar-refractivity contribution < 1.29 is 38.4 Å². The molecule has 0 aromatic heterocycles. The van der Waals surface area contributed by atoms with Gasteiger partial charge in [-0.15, -0.1) is 0 Å². The lowest BCUT2D eigenvalue weighted by molar-refractivity contribution is 0.0585. The molecule has 0 radical (unpaired) electrons. The second kappa shape index (κ2) is 29.1. The Hall–Kier alpha value is -6.04. The van der Waals surface area contributed by atoms with Crippen molar-refractivity contribution in [3.05, 3.63) is 80.9 Å². The van der Waals surface area contributed by atoms with E-state index in [9.17, 15) is 19.2 Å². The van der Waals surface area contributed by atoms with Gasteiger partial charge in [0.25, 0.3) is 47.3 Å². The molecule has 0 fully saturated rings. The van der Waals surface area contributed by atoms with Crippen LogP contribution in [0, 0.1) is 0 Å². The largest absolute Gasteiger partial charge is 0.274 e. The van der Waals surface area contributed by atoms with Crippen LogP contribution in [0.2, 0.25) is 0 Å². The molecule has 0 saturated heterocycles. The second-order valence-electron chi connectivity index (χ2n) is 23.5. The van der Waals surface area contributed by atoms with Gasteiger partial charge >= 0.3 is 0 Å². The summed E-state index contributed by atoms with van der Waals surface area (Å²) in [4.78, 5) is 125. The molecule has 4 heterocycles. The lowest BCUT2D eigenvalue weighted by Gasteiger charge is -2.35. The molecule has 0 saturated carbocycles. The van der Waals surface area contributed by atoms with Crippen LogP contribution in [0.25, 0.3) is 32.7 Å². The van der Waals surface area contributed by atoms with Gasteiger partial charge in [-0.2, -0.15) is 0 Å². The standard InChI is InChI=1S/C68H90N4O8/c1-5-9-13-17-21-25-29-33-41-69-61(73)47-37-39-49-57-55(47)53(65(69)77)45-51(59(57)67(79)71(63(49)75)43-35-31-27-23-19-15-11-7-3)52-46-54-56-48(62(74)70(66(54)78)42-34-30-26-22-18-14-10-6-2)38-40-50-58(56)60(52)68(80)72(64(50)76)44-36-32-28-24-20-16-12-8-4/h37-40,45-46H,5-36,41-44H2,1-4H3. The van der Waals surface area contributed by atoms with Gasteiger partial charge in [-0.1, -0.05) is 207 Å². The van der Waals surface area contributed by atoms with E-state index in [1.165, 1.54) is 71.0 Å². The van der Waals surface area contributed by atoms with Crippen molar-refractivity contribution in [3.8, 4) is 11.1 Å². The van der Waals surface area contributed by atoms with Gasteiger partial charge in [0.05, 0.1) is 11.1 Å². The van der Waals surface area contributed by atoms with Gasteiger partial charge in [0.15, 0.2) is 0 Å². The molecule has 0 atom stereocenters. The summed E-state index contributed by atoms with van der Waals surface area (Å²) in [6.07, 6.45) is 32.4. The highest BCUT2D eigenvalue weighted by Crippen LogP contribution is 2.48. The Kier molecular flexibility index (Phi) is 21.8. The Labute approximate surface area is 476 Å². The first-order valence-corrected chi connectivity index (χ1v) is 31.7. The number of rotatable bonds is 37. The van der Waals surface area contributed by atoms with E-state index >= 15 is 19.2 Å². The third kappa shape index (κ3) is 12.8. The summed E-state index contributed by atoms with van der Waals surface area (Å²) in [7, 11) is 0. The van der Waals surface area contributed by atoms with Crippen molar-refractivity contribution >= 4 is 68.8 Å². The van der Waals surface area contributed by atoms with E-state index in [1.54, 1.807) is 36.4 Å². The maximum absolute atomic E-state index is 15.6. The molecule has 0 aliphatic carbocycles. The smallest absolute Gasteiger partial charge is 0.262 e. The number of carbonyl (C=O) groups excluding carboxylic acids is 8. The molecule has 430 valence electrons. The second-order valence-corrected chi connectivity index (χ2v) is 23.5. The van der Waals surface area contributed by atoms with Crippen molar-refractivity contribution in [2.45, 2.75) is 233 Å². The highest BCUT2D eigenvalue weighted by atomic mass is 16.2. The van der Waals surface area contributed by atoms with E-state index in [4.69, 9.17) is 0 Å². The summed E-state index contributed by atoms with van der Waals surface area (Å²) in [6.45, 7) is 9.39. The van der Waals surface area contributed by atoms with Gasteiger partial charge < -0.3 is 0 Å². The quantitative estimate of drug-likeness (QED) is 0.0320. The molecular formula is C68H90N4O8. The maximum atomic E-state index is 15.6. The molecule has 0 spiro atoms. The summed E-state index contributed by atoms with van der Waals surface area (Å²) in [5, 5.41) is 0.806. The fourth-order valence-corrected chi connectivity index (χ4v) is 13.0. The number of imide groups is 4. The number of hydrogen-bond donors (Lipinski definition) is 0. The van der Waals surface area contributed by atoms with Crippen molar-refractivity contribution in [1.82, 2.24) is 19.6 Å². The first-order valence-electron chi connectivity index (χ1n) is 31.7. The van der Waals surface area contributed by atoms with Crippen LogP contribution in [0.1, 0.15) is 316 Å².